The Morgan fingerprint density at radius 1 is 1.30 bits per heavy atom. The zero-order valence-corrected chi connectivity index (χ0v) is 13.9. The summed E-state index contributed by atoms with van der Waals surface area (Å²) in [6, 6.07) is 4.71. The Morgan fingerprint density at radius 2 is 2.04 bits per heavy atom. The number of hydrogen-bond acceptors (Lipinski definition) is 4. The van der Waals surface area contributed by atoms with E-state index in [9.17, 15) is 9.59 Å². The van der Waals surface area contributed by atoms with Crippen LogP contribution >= 0.6 is 0 Å². The molecule has 23 heavy (non-hydrogen) atoms. The van der Waals surface area contributed by atoms with Gasteiger partial charge in [-0.2, -0.15) is 0 Å². The quantitative estimate of drug-likeness (QED) is 0.867. The van der Waals surface area contributed by atoms with Crippen molar-refractivity contribution in [2.24, 2.45) is 0 Å². The van der Waals surface area contributed by atoms with Crippen LogP contribution in [0.4, 0.5) is 10.5 Å². The van der Waals surface area contributed by atoms with E-state index in [0.29, 0.717) is 30.2 Å². The second-order valence-electron chi connectivity index (χ2n) is 5.71. The van der Waals surface area contributed by atoms with E-state index < -0.39 is 0 Å². The molecule has 1 aliphatic rings. The Morgan fingerprint density at radius 3 is 2.61 bits per heavy atom. The van der Waals surface area contributed by atoms with E-state index in [1.165, 1.54) is 7.11 Å². The largest absolute Gasteiger partial charge is 0.497 e. The molecule has 1 aromatic rings. The monoisotopic (exact) mass is 321 g/mol. The van der Waals surface area contributed by atoms with Crippen molar-refractivity contribution in [1.29, 1.82) is 0 Å². The van der Waals surface area contributed by atoms with Gasteiger partial charge in [-0.15, -0.1) is 0 Å². The van der Waals surface area contributed by atoms with Crippen molar-refractivity contribution in [2.45, 2.75) is 32.4 Å². The highest BCUT2D eigenvalue weighted by Crippen LogP contribution is 2.28. The number of nitrogens with one attached hydrogen (secondary N) is 2. The molecule has 1 unspecified atom stereocenters. The zero-order chi connectivity index (χ0) is 17.0. The van der Waals surface area contributed by atoms with E-state index in [1.807, 2.05) is 13.8 Å². The summed E-state index contributed by atoms with van der Waals surface area (Å²) in [6.45, 7) is 4.45. The molecule has 0 saturated carbocycles. The maximum atomic E-state index is 12.2. The Balaban J connectivity index is 1.99. The standard InChI is InChI=1S/C16H23N3O4/c1-10(2)19-9-11(7-15(19)20)17-16(21)18-13-8-12(22-3)5-6-14(13)23-4/h5-6,8,10-11H,7,9H2,1-4H3,(H2,17,18,21). The van der Waals surface area contributed by atoms with Crippen molar-refractivity contribution in [3.63, 3.8) is 0 Å². The molecule has 1 fully saturated rings. The third-order valence-electron chi connectivity index (χ3n) is 3.77. The number of rotatable bonds is 5. The highest BCUT2D eigenvalue weighted by Gasteiger charge is 2.32. The molecule has 0 radical (unpaired) electrons. The minimum absolute atomic E-state index is 0.0595. The van der Waals surface area contributed by atoms with Crippen LogP contribution in [0.15, 0.2) is 18.2 Å². The van der Waals surface area contributed by atoms with Gasteiger partial charge in [0.1, 0.15) is 11.5 Å². The lowest BCUT2D eigenvalue weighted by atomic mass is 10.2. The lowest BCUT2D eigenvalue weighted by molar-refractivity contribution is -0.129. The average Bonchev–Trinajstić information content (AvgIpc) is 2.87. The van der Waals surface area contributed by atoms with Gasteiger partial charge in [-0.1, -0.05) is 0 Å². The molecule has 7 heteroatoms. The number of hydrogen-bond donors (Lipinski definition) is 2. The summed E-state index contributed by atoms with van der Waals surface area (Å²) >= 11 is 0. The molecule has 3 amide bonds. The molecular formula is C16H23N3O4. The average molecular weight is 321 g/mol. The van der Waals surface area contributed by atoms with Crippen molar-refractivity contribution in [2.75, 3.05) is 26.1 Å². The van der Waals surface area contributed by atoms with Gasteiger partial charge >= 0.3 is 6.03 Å². The molecule has 2 rings (SSSR count). The number of nitrogens with zero attached hydrogens (tertiary/aromatic N) is 1. The fourth-order valence-corrected chi connectivity index (χ4v) is 2.58. The van der Waals surface area contributed by atoms with Gasteiger partial charge < -0.3 is 25.0 Å². The first-order chi connectivity index (χ1) is 10.9. The van der Waals surface area contributed by atoms with E-state index in [1.54, 1.807) is 30.2 Å². The Hall–Kier alpha value is -2.44. The summed E-state index contributed by atoms with van der Waals surface area (Å²) in [6.07, 6.45) is 0.320. The molecule has 0 bridgehead atoms. The van der Waals surface area contributed by atoms with Gasteiger partial charge in [0.15, 0.2) is 0 Å². The first kappa shape index (κ1) is 16.9. The van der Waals surface area contributed by atoms with Crippen molar-refractivity contribution < 1.29 is 19.1 Å². The molecule has 7 nitrogen and oxygen atoms in total. The first-order valence-corrected chi connectivity index (χ1v) is 7.53. The summed E-state index contributed by atoms with van der Waals surface area (Å²) in [5.41, 5.74) is 0.509. The van der Waals surface area contributed by atoms with E-state index >= 15 is 0 Å². The van der Waals surface area contributed by atoms with Crippen LogP contribution in [0.1, 0.15) is 20.3 Å². The number of ether oxygens (including phenoxy) is 2. The van der Waals surface area contributed by atoms with Crippen LogP contribution in [0.3, 0.4) is 0 Å². The Bertz CT molecular complexity index is 589. The maximum Gasteiger partial charge on any atom is 0.319 e. The number of amides is 3. The van der Waals surface area contributed by atoms with E-state index in [-0.39, 0.29) is 24.0 Å². The molecule has 0 aliphatic carbocycles. The van der Waals surface area contributed by atoms with Crippen molar-refractivity contribution in [3.8, 4) is 11.5 Å². The second kappa shape index (κ2) is 7.21. The Kier molecular flexibility index (Phi) is 5.31. The van der Waals surface area contributed by atoms with Crippen LogP contribution in [0.25, 0.3) is 0 Å². The van der Waals surface area contributed by atoms with Crippen LogP contribution in [-0.4, -0.2) is 49.7 Å². The van der Waals surface area contributed by atoms with Gasteiger partial charge in [-0.3, -0.25) is 4.79 Å². The van der Waals surface area contributed by atoms with Crippen molar-refractivity contribution in [3.05, 3.63) is 18.2 Å². The third kappa shape index (κ3) is 4.06. The van der Waals surface area contributed by atoms with Crippen LogP contribution in [0.5, 0.6) is 11.5 Å². The van der Waals surface area contributed by atoms with Gasteiger partial charge in [0.05, 0.1) is 25.9 Å². The fourth-order valence-electron chi connectivity index (χ4n) is 2.58. The second-order valence-corrected chi connectivity index (χ2v) is 5.71. The van der Waals surface area contributed by atoms with Crippen molar-refractivity contribution in [1.82, 2.24) is 10.2 Å². The van der Waals surface area contributed by atoms with E-state index in [4.69, 9.17) is 9.47 Å². The molecule has 2 N–H and O–H groups in total. The summed E-state index contributed by atoms with van der Waals surface area (Å²) in [5, 5.41) is 5.56. The molecule has 1 aliphatic heterocycles. The number of carbonyl (C=O) groups is 2. The predicted molar refractivity (Wildman–Crippen MR) is 87.0 cm³/mol. The zero-order valence-electron chi connectivity index (χ0n) is 13.9. The SMILES string of the molecule is COc1ccc(OC)c(NC(=O)NC2CC(=O)N(C(C)C)C2)c1. The third-order valence-corrected chi connectivity index (χ3v) is 3.77. The molecule has 1 heterocycles. The van der Waals surface area contributed by atoms with Crippen LogP contribution in [-0.2, 0) is 4.79 Å². The molecule has 126 valence electrons. The molecule has 1 saturated heterocycles. The number of anilines is 1. The normalized spacial score (nSPS) is 17.3. The lowest BCUT2D eigenvalue weighted by Gasteiger charge is -2.21. The number of likely N-dealkylation sites (tertiary alicyclic amines) is 1. The van der Waals surface area contributed by atoms with Crippen molar-refractivity contribution >= 4 is 17.6 Å². The van der Waals surface area contributed by atoms with Gasteiger partial charge in [0.2, 0.25) is 5.91 Å². The maximum absolute atomic E-state index is 12.2. The fraction of sp³-hybridized carbons (Fsp3) is 0.500. The summed E-state index contributed by atoms with van der Waals surface area (Å²) < 4.78 is 10.4. The van der Waals surface area contributed by atoms with Gasteiger partial charge in [0.25, 0.3) is 0 Å². The first-order valence-electron chi connectivity index (χ1n) is 7.53. The smallest absolute Gasteiger partial charge is 0.319 e. The number of carbonyl (C=O) groups excluding carboxylic acids is 2. The minimum Gasteiger partial charge on any atom is -0.497 e. The summed E-state index contributed by atoms with van der Waals surface area (Å²) in [4.78, 5) is 25.8. The van der Waals surface area contributed by atoms with E-state index in [2.05, 4.69) is 10.6 Å². The highest BCUT2D eigenvalue weighted by atomic mass is 16.5. The topological polar surface area (TPSA) is 79.9 Å². The van der Waals surface area contributed by atoms with Crippen LogP contribution < -0.4 is 20.1 Å². The van der Waals surface area contributed by atoms with E-state index in [0.717, 1.165) is 0 Å². The molecule has 0 aromatic heterocycles. The number of benzene rings is 1. The summed E-state index contributed by atoms with van der Waals surface area (Å²) in [7, 11) is 3.08. The number of urea groups is 1. The Labute approximate surface area is 135 Å². The van der Waals surface area contributed by atoms with Gasteiger partial charge in [-0.25, -0.2) is 4.79 Å². The van der Waals surface area contributed by atoms with Crippen LogP contribution in [0.2, 0.25) is 0 Å². The van der Waals surface area contributed by atoms with Crippen LogP contribution in [0, 0.1) is 0 Å². The lowest BCUT2D eigenvalue weighted by Crippen LogP contribution is -2.40. The minimum atomic E-state index is -0.375. The number of methoxy groups -OCH3 is 2. The molecule has 0 spiro atoms. The molecule has 1 atom stereocenters. The van der Waals surface area contributed by atoms with Gasteiger partial charge in [-0.05, 0) is 26.0 Å². The highest BCUT2D eigenvalue weighted by molar-refractivity contribution is 5.92. The molecule has 1 aromatic carbocycles. The predicted octanol–water partition coefficient (Wildman–Crippen LogP) is 1.83. The summed E-state index contributed by atoms with van der Waals surface area (Å²) in [5.74, 6) is 1.21. The van der Waals surface area contributed by atoms with Gasteiger partial charge in [0, 0.05) is 25.1 Å². The molecular weight excluding hydrogens is 298 g/mol.